The molecule has 1 saturated carbocycles. The predicted octanol–water partition coefficient (Wildman–Crippen LogP) is 7.07. The van der Waals surface area contributed by atoms with Crippen molar-refractivity contribution in [1.82, 2.24) is 0 Å². The van der Waals surface area contributed by atoms with E-state index in [9.17, 15) is 13.2 Å². The van der Waals surface area contributed by atoms with Gasteiger partial charge in [-0.3, -0.25) is 0 Å². The van der Waals surface area contributed by atoms with Gasteiger partial charge in [0.15, 0.2) is 11.6 Å². The van der Waals surface area contributed by atoms with Gasteiger partial charge < -0.3 is 4.74 Å². The molecule has 0 spiro atoms. The fourth-order valence-electron chi connectivity index (χ4n) is 3.35. The van der Waals surface area contributed by atoms with Gasteiger partial charge in [0.2, 0.25) is 0 Å². The molecule has 0 amide bonds. The van der Waals surface area contributed by atoms with Gasteiger partial charge in [-0.25, -0.2) is 4.39 Å². The molecule has 0 saturated heterocycles. The van der Waals surface area contributed by atoms with E-state index in [4.69, 9.17) is 0 Å². The van der Waals surface area contributed by atoms with Crippen LogP contribution in [0.3, 0.4) is 0 Å². The topological polar surface area (TPSA) is 9.23 Å². The second-order valence-electron chi connectivity index (χ2n) is 7.18. The quantitative estimate of drug-likeness (QED) is 0.354. The molecule has 0 bridgehead atoms. The summed E-state index contributed by atoms with van der Waals surface area (Å²) in [5.41, 5.74) is 2.37. The Labute approximate surface area is 154 Å². The third kappa shape index (κ3) is 6.40. The molecule has 1 nitrogen and oxygen atoms in total. The Balaban J connectivity index is 1.87. The Bertz CT molecular complexity index is 638. The molecule has 0 radical (unpaired) electrons. The molecule has 0 aromatic heterocycles. The zero-order chi connectivity index (χ0) is 19.1. The third-order valence-electron chi connectivity index (χ3n) is 5.10. The molecule has 0 heterocycles. The average molecular weight is 364 g/mol. The number of aryl methyl sites for hydroxylation is 1. The van der Waals surface area contributed by atoms with Crippen molar-refractivity contribution in [3.63, 3.8) is 0 Å². The van der Waals surface area contributed by atoms with E-state index in [2.05, 4.69) is 24.8 Å². The van der Waals surface area contributed by atoms with Gasteiger partial charge >= 0.3 is 6.61 Å². The van der Waals surface area contributed by atoms with Crippen LogP contribution in [-0.4, -0.2) is 6.61 Å². The zero-order valence-corrected chi connectivity index (χ0v) is 15.3. The van der Waals surface area contributed by atoms with Crippen LogP contribution in [0.1, 0.15) is 50.2 Å². The smallest absolute Gasteiger partial charge is 0.387 e. The highest BCUT2D eigenvalue weighted by Crippen LogP contribution is 2.31. The van der Waals surface area contributed by atoms with E-state index in [0.29, 0.717) is 5.57 Å². The number of hydrogen-bond acceptors (Lipinski definition) is 1. The van der Waals surface area contributed by atoms with Crippen molar-refractivity contribution in [1.29, 1.82) is 0 Å². The minimum atomic E-state index is -3.10. The molecule has 0 unspecified atom stereocenters. The van der Waals surface area contributed by atoms with Crippen LogP contribution in [0.5, 0.6) is 0 Å². The second-order valence-corrected chi connectivity index (χ2v) is 7.18. The summed E-state index contributed by atoms with van der Waals surface area (Å²) in [6.07, 6.45) is 8.61. The maximum absolute atomic E-state index is 13.8. The van der Waals surface area contributed by atoms with Gasteiger partial charge in [-0.1, -0.05) is 70.0 Å². The summed E-state index contributed by atoms with van der Waals surface area (Å²) in [6, 6.07) is 7.78. The number of allylic oxidation sites excluding steroid dienone is 3. The van der Waals surface area contributed by atoms with Gasteiger partial charge in [-0.15, -0.1) is 0 Å². The summed E-state index contributed by atoms with van der Waals surface area (Å²) < 4.78 is 41.9. The molecule has 142 valence electrons. The minimum absolute atomic E-state index is 0.384. The summed E-state index contributed by atoms with van der Waals surface area (Å²) in [6.45, 7) is 6.16. The molecule has 1 aromatic carbocycles. The van der Waals surface area contributed by atoms with Gasteiger partial charge in [0, 0.05) is 0 Å². The van der Waals surface area contributed by atoms with Crippen LogP contribution in [0.15, 0.2) is 55.1 Å². The highest BCUT2D eigenvalue weighted by atomic mass is 19.3. The Morgan fingerprint density at radius 2 is 1.77 bits per heavy atom. The highest BCUT2D eigenvalue weighted by molar-refractivity contribution is 5.73. The van der Waals surface area contributed by atoms with Crippen LogP contribution >= 0.6 is 0 Å². The SMILES string of the molecule is C=C(OC(F)F)/C(F)=C\C(=C)c1ccc(CCC2CCC(C)CC2)cc1. The number of halogens is 3. The third-order valence-corrected chi connectivity index (χ3v) is 5.10. The molecule has 0 atom stereocenters. The van der Waals surface area contributed by atoms with E-state index in [1.165, 1.54) is 37.7 Å². The van der Waals surface area contributed by atoms with Crippen LogP contribution in [0.4, 0.5) is 13.2 Å². The van der Waals surface area contributed by atoms with Crippen LogP contribution in [0.25, 0.3) is 5.57 Å². The maximum Gasteiger partial charge on any atom is 0.387 e. The first kappa shape index (κ1) is 20.3. The molecular formula is C22H27F3O. The Kier molecular flexibility index (Phi) is 7.55. The Morgan fingerprint density at radius 3 is 2.35 bits per heavy atom. The Hall–Kier alpha value is -1.97. The van der Waals surface area contributed by atoms with E-state index in [-0.39, 0.29) is 0 Å². The lowest BCUT2D eigenvalue weighted by Gasteiger charge is -2.26. The van der Waals surface area contributed by atoms with E-state index in [0.717, 1.165) is 29.9 Å². The molecule has 1 aromatic rings. The number of hydrogen-bond donors (Lipinski definition) is 0. The van der Waals surface area contributed by atoms with Gasteiger partial charge in [0.1, 0.15) is 0 Å². The summed E-state index contributed by atoms with van der Waals surface area (Å²) in [5.74, 6) is 0.0383. The highest BCUT2D eigenvalue weighted by Gasteiger charge is 2.17. The van der Waals surface area contributed by atoms with Crippen molar-refractivity contribution in [2.45, 2.75) is 52.1 Å². The standard InChI is InChI=1S/C22H27F3O/c1-15-4-6-18(7-5-15)8-9-19-10-12-20(13-11-19)16(2)14-21(23)17(3)26-22(24)25/h10-15,18,22H,2-9H2,1H3/b21-14+. The fraction of sp³-hybridized carbons (Fsp3) is 0.455. The normalized spacial score (nSPS) is 20.9. The van der Waals surface area contributed by atoms with Crippen LogP contribution in [0, 0.1) is 11.8 Å². The van der Waals surface area contributed by atoms with Gasteiger partial charge in [-0.05, 0) is 47.5 Å². The first-order valence-corrected chi connectivity index (χ1v) is 9.14. The van der Waals surface area contributed by atoms with Crippen LogP contribution < -0.4 is 0 Å². The summed E-state index contributed by atoms with van der Waals surface area (Å²) in [5, 5.41) is 0. The van der Waals surface area contributed by atoms with E-state index in [1.54, 1.807) is 0 Å². The average Bonchev–Trinajstić information content (AvgIpc) is 2.61. The van der Waals surface area contributed by atoms with Crippen molar-refractivity contribution in [3.8, 4) is 0 Å². The minimum Gasteiger partial charge on any atom is -0.432 e. The lowest BCUT2D eigenvalue weighted by atomic mass is 9.80. The van der Waals surface area contributed by atoms with Crippen molar-refractivity contribution >= 4 is 5.57 Å². The van der Waals surface area contributed by atoms with Crippen LogP contribution in [-0.2, 0) is 11.2 Å². The molecule has 1 aliphatic carbocycles. The molecule has 1 fully saturated rings. The van der Waals surface area contributed by atoms with Gasteiger partial charge in [0.05, 0.1) is 0 Å². The molecule has 26 heavy (non-hydrogen) atoms. The van der Waals surface area contributed by atoms with E-state index in [1.807, 2.05) is 24.3 Å². The zero-order valence-electron chi connectivity index (χ0n) is 15.3. The number of ether oxygens (including phenoxy) is 1. The van der Waals surface area contributed by atoms with Crippen molar-refractivity contribution in [2.24, 2.45) is 11.8 Å². The van der Waals surface area contributed by atoms with Gasteiger partial charge in [-0.2, -0.15) is 8.78 Å². The second kappa shape index (κ2) is 9.65. The fourth-order valence-corrected chi connectivity index (χ4v) is 3.35. The van der Waals surface area contributed by atoms with Crippen LogP contribution in [0.2, 0.25) is 0 Å². The summed E-state index contributed by atoms with van der Waals surface area (Å²) in [7, 11) is 0. The molecule has 1 aliphatic rings. The number of benzene rings is 1. The van der Waals surface area contributed by atoms with Crippen molar-refractivity contribution in [2.75, 3.05) is 0 Å². The first-order chi connectivity index (χ1) is 12.3. The molecular weight excluding hydrogens is 337 g/mol. The van der Waals surface area contributed by atoms with Crippen molar-refractivity contribution < 1.29 is 17.9 Å². The van der Waals surface area contributed by atoms with E-state index < -0.39 is 18.2 Å². The summed E-state index contributed by atoms with van der Waals surface area (Å²) >= 11 is 0. The molecule has 0 N–H and O–H groups in total. The summed E-state index contributed by atoms with van der Waals surface area (Å²) in [4.78, 5) is 0. The lowest BCUT2D eigenvalue weighted by Crippen LogP contribution is -2.12. The first-order valence-electron chi connectivity index (χ1n) is 9.14. The van der Waals surface area contributed by atoms with E-state index >= 15 is 0 Å². The Morgan fingerprint density at radius 1 is 1.15 bits per heavy atom. The monoisotopic (exact) mass is 364 g/mol. The number of alkyl halides is 2. The largest absolute Gasteiger partial charge is 0.432 e. The maximum atomic E-state index is 13.8. The molecule has 2 rings (SSSR count). The lowest BCUT2D eigenvalue weighted by molar-refractivity contribution is -0.0948. The number of rotatable bonds is 8. The molecule has 0 aliphatic heterocycles. The van der Waals surface area contributed by atoms with Gasteiger partial charge in [0.25, 0.3) is 0 Å². The van der Waals surface area contributed by atoms with Crippen molar-refractivity contribution in [3.05, 3.63) is 66.2 Å². The molecule has 4 heteroatoms. The predicted molar refractivity (Wildman–Crippen MR) is 100 cm³/mol.